The zero-order valence-electron chi connectivity index (χ0n) is 24.8. The van der Waals surface area contributed by atoms with Crippen molar-refractivity contribution in [1.29, 1.82) is 0 Å². The van der Waals surface area contributed by atoms with Gasteiger partial charge in [0, 0.05) is 16.3 Å². The van der Waals surface area contributed by atoms with Crippen LogP contribution in [0.25, 0.3) is 6.08 Å². The van der Waals surface area contributed by atoms with Gasteiger partial charge in [-0.1, -0.05) is 60.1 Å². The molecule has 1 N–H and O–H groups in total. The third kappa shape index (κ3) is 8.57. The van der Waals surface area contributed by atoms with E-state index in [0.29, 0.717) is 43.6 Å². The van der Waals surface area contributed by atoms with E-state index in [-0.39, 0.29) is 25.0 Å². The summed E-state index contributed by atoms with van der Waals surface area (Å²) in [5.74, 6) is 1.82. The van der Waals surface area contributed by atoms with Crippen LogP contribution in [0.15, 0.2) is 141 Å². The molecular weight excluding hydrogens is 636 g/mol. The molecule has 1 saturated heterocycles. The number of carbonyl (C=O) groups excluding carboxylic acids is 2. The highest BCUT2D eigenvalue weighted by molar-refractivity contribution is 8.18. The Labute approximate surface area is 280 Å². The first kappa shape index (κ1) is 31.4. The summed E-state index contributed by atoms with van der Waals surface area (Å²) in [7, 11) is 0. The van der Waals surface area contributed by atoms with E-state index in [1.807, 2.05) is 66.7 Å². The maximum absolute atomic E-state index is 13.6. The molecule has 0 atom stereocenters. The minimum Gasteiger partial charge on any atom is -0.483 e. The Morgan fingerprint density at radius 1 is 0.915 bits per heavy atom. The predicted octanol–water partition coefficient (Wildman–Crippen LogP) is 8.25. The average molecular weight is 663 g/mol. The van der Waals surface area contributed by atoms with Gasteiger partial charge in [0.2, 0.25) is 0 Å². The number of para-hydroxylation sites is 2. The first-order valence-electron chi connectivity index (χ1n) is 14.5. The number of thioether (sulfide) groups is 1. The first-order chi connectivity index (χ1) is 23.0. The smallest absolute Gasteiger partial charge is 0.267 e. The van der Waals surface area contributed by atoms with Crippen LogP contribution in [0.5, 0.6) is 17.2 Å². The number of benzene rings is 4. The summed E-state index contributed by atoms with van der Waals surface area (Å²) >= 11 is 7.11. The number of nitrogens with zero attached hydrogens (tertiary/aromatic N) is 3. The van der Waals surface area contributed by atoms with Crippen molar-refractivity contribution in [2.75, 3.05) is 11.9 Å². The lowest BCUT2D eigenvalue weighted by Crippen LogP contribution is -2.28. The normalized spacial score (nSPS) is 14.7. The lowest BCUT2D eigenvalue weighted by atomic mass is 10.2. The first-order valence-corrected chi connectivity index (χ1v) is 15.6. The zero-order valence-corrected chi connectivity index (χ0v) is 26.4. The lowest BCUT2D eigenvalue weighted by Gasteiger charge is -2.12. The van der Waals surface area contributed by atoms with E-state index in [1.165, 1.54) is 16.7 Å². The van der Waals surface area contributed by atoms with Crippen molar-refractivity contribution in [1.82, 2.24) is 4.90 Å². The number of halogens is 1. The summed E-state index contributed by atoms with van der Waals surface area (Å²) in [6.45, 7) is -0.0541. The van der Waals surface area contributed by atoms with Crippen LogP contribution < -0.4 is 14.8 Å². The molecule has 9 nitrogen and oxygen atoms in total. The van der Waals surface area contributed by atoms with Crippen molar-refractivity contribution in [3.63, 3.8) is 0 Å². The van der Waals surface area contributed by atoms with Crippen LogP contribution in [0.2, 0.25) is 5.02 Å². The fourth-order valence-corrected chi connectivity index (χ4v) is 5.51. The van der Waals surface area contributed by atoms with Gasteiger partial charge in [-0.15, -0.1) is 5.10 Å². The molecule has 0 unspecified atom stereocenters. The van der Waals surface area contributed by atoms with Crippen molar-refractivity contribution in [2.24, 2.45) is 10.2 Å². The molecule has 1 aliphatic heterocycles. The van der Waals surface area contributed by atoms with Crippen LogP contribution in [0.4, 0.5) is 5.69 Å². The standard InChI is InChI=1S/C36H27ClN4O5S/c37-27-15-17-28(18-16-27)39-34(42)24-45-32-14-5-4-9-26(32)21-33-35(43)41(23-31-13-7-19-44-31)36(47-33)40-38-22-25-8-6-12-30(20-25)46-29-10-2-1-3-11-29/h1-22H,23-24H2,(H,39,42)/b33-21-,38-22+,40-36-. The van der Waals surface area contributed by atoms with Crippen LogP contribution in [-0.4, -0.2) is 34.7 Å². The van der Waals surface area contributed by atoms with E-state index in [2.05, 4.69) is 15.5 Å². The zero-order chi connectivity index (χ0) is 32.4. The Morgan fingerprint density at radius 3 is 2.51 bits per heavy atom. The number of anilines is 1. The number of hydrogen-bond acceptors (Lipinski definition) is 8. The number of furan rings is 1. The number of hydrogen-bond donors (Lipinski definition) is 1. The van der Waals surface area contributed by atoms with Gasteiger partial charge in [0.15, 0.2) is 11.8 Å². The number of ether oxygens (including phenoxy) is 2. The largest absolute Gasteiger partial charge is 0.483 e. The van der Waals surface area contributed by atoms with E-state index < -0.39 is 0 Å². The van der Waals surface area contributed by atoms with E-state index in [0.717, 1.165) is 11.3 Å². The predicted molar refractivity (Wildman–Crippen MR) is 185 cm³/mol. The van der Waals surface area contributed by atoms with Crippen LogP contribution in [0.1, 0.15) is 16.9 Å². The van der Waals surface area contributed by atoms with E-state index in [9.17, 15) is 9.59 Å². The number of amides is 2. The Bertz CT molecular complexity index is 1940. The second-order valence-corrected chi connectivity index (χ2v) is 11.5. The minimum atomic E-state index is -0.338. The Balaban J connectivity index is 1.18. The third-order valence-electron chi connectivity index (χ3n) is 6.66. The molecule has 1 aromatic heterocycles. The number of carbonyl (C=O) groups is 2. The van der Waals surface area contributed by atoms with Crippen LogP contribution in [-0.2, 0) is 16.1 Å². The second-order valence-electron chi connectivity index (χ2n) is 10.1. The van der Waals surface area contributed by atoms with Crippen LogP contribution in [0.3, 0.4) is 0 Å². The van der Waals surface area contributed by atoms with Crippen molar-refractivity contribution >= 4 is 58.3 Å². The molecule has 0 saturated carbocycles. The molecule has 5 aromatic rings. The fourth-order valence-electron chi connectivity index (χ4n) is 4.45. The summed E-state index contributed by atoms with van der Waals surface area (Å²) in [6, 6.07) is 34.5. The molecule has 6 rings (SSSR count). The monoisotopic (exact) mass is 662 g/mol. The van der Waals surface area contributed by atoms with Gasteiger partial charge < -0.3 is 19.2 Å². The lowest BCUT2D eigenvalue weighted by molar-refractivity contribution is -0.122. The van der Waals surface area contributed by atoms with Gasteiger partial charge >= 0.3 is 0 Å². The molecule has 2 heterocycles. The molecule has 1 fully saturated rings. The van der Waals surface area contributed by atoms with E-state index >= 15 is 0 Å². The quantitative estimate of drug-likeness (QED) is 0.0867. The summed E-state index contributed by atoms with van der Waals surface area (Å²) in [5, 5.41) is 12.4. The summed E-state index contributed by atoms with van der Waals surface area (Å²) in [6.07, 6.45) is 4.86. The highest BCUT2D eigenvalue weighted by atomic mass is 35.5. The summed E-state index contributed by atoms with van der Waals surface area (Å²) < 4.78 is 17.3. The second kappa shape index (κ2) is 15.1. The Morgan fingerprint density at radius 2 is 1.70 bits per heavy atom. The average Bonchev–Trinajstić information content (AvgIpc) is 3.70. The van der Waals surface area contributed by atoms with Crippen molar-refractivity contribution < 1.29 is 23.5 Å². The highest BCUT2D eigenvalue weighted by Crippen LogP contribution is 2.35. The number of rotatable bonds is 11. The third-order valence-corrected chi connectivity index (χ3v) is 7.91. The molecular formula is C36H27ClN4O5S. The molecule has 47 heavy (non-hydrogen) atoms. The summed E-state index contributed by atoms with van der Waals surface area (Å²) in [4.78, 5) is 28.1. The van der Waals surface area contributed by atoms with Crippen molar-refractivity contribution in [3.8, 4) is 17.2 Å². The summed E-state index contributed by atoms with van der Waals surface area (Å²) in [5.41, 5.74) is 2.00. The topological polar surface area (TPSA) is 106 Å². The Hall–Kier alpha value is -5.58. The van der Waals surface area contributed by atoms with E-state index in [1.54, 1.807) is 67.1 Å². The fraction of sp³-hybridized carbons (Fsp3) is 0.0556. The van der Waals surface area contributed by atoms with Crippen LogP contribution >= 0.6 is 23.4 Å². The van der Waals surface area contributed by atoms with Crippen molar-refractivity contribution in [3.05, 3.63) is 148 Å². The van der Waals surface area contributed by atoms with Crippen molar-refractivity contribution in [2.45, 2.75) is 6.54 Å². The van der Waals surface area contributed by atoms with Gasteiger partial charge in [0.05, 0.1) is 23.9 Å². The molecule has 0 aliphatic carbocycles. The van der Waals surface area contributed by atoms with Gasteiger partial charge in [-0.25, -0.2) is 0 Å². The van der Waals surface area contributed by atoms with Gasteiger partial charge in [-0.2, -0.15) is 5.10 Å². The van der Waals surface area contributed by atoms with Crippen LogP contribution in [0, 0.1) is 0 Å². The van der Waals surface area contributed by atoms with E-state index in [4.69, 9.17) is 25.5 Å². The number of nitrogens with one attached hydrogen (secondary N) is 1. The van der Waals surface area contributed by atoms with Gasteiger partial charge in [-0.3, -0.25) is 14.5 Å². The molecule has 1 aliphatic rings. The maximum Gasteiger partial charge on any atom is 0.267 e. The SMILES string of the molecule is O=C(COc1ccccc1/C=C1\S/C(=N\N=C\c2cccc(Oc3ccccc3)c2)N(Cc2ccco2)C1=O)Nc1ccc(Cl)cc1. The molecule has 2 amide bonds. The Kier molecular flexibility index (Phi) is 10.1. The molecule has 234 valence electrons. The molecule has 11 heteroatoms. The molecule has 4 aromatic carbocycles. The van der Waals surface area contributed by atoms with Gasteiger partial charge in [0.1, 0.15) is 23.0 Å². The molecule has 0 radical (unpaired) electrons. The van der Waals surface area contributed by atoms with Gasteiger partial charge in [-0.05, 0) is 90.1 Å². The minimum absolute atomic E-state index is 0.175. The number of amidine groups is 1. The maximum atomic E-state index is 13.6. The van der Waals surface area contributed by atoms with Gasteiger partial charge in [0.25, 0.3) is 11.8 Å². The molecule has 0 spiro atoms. The molecule has 0 bridgehead atoms. The highest BCUT2D eigenvalue weighted by Gasteiger charge is 2.34.